The van der Waals surface area contributed by atoms with E-state index in [-0.39, 0.29) is 0 Å². The van der Waals surface area contributed by atoms with Crippen molar-refractivity contribution in [3.05, 3.63) is 60.1 Å². The van der Waals surface area contributed by atoms with E-state index in [0.29, 0.717) is 17.4 Å². The number of ether oxygens (including phenoxy) is 2. The van der Waals surface area contributed by atoms with Crippen LogP contribution in [0.4, 0.5) is 11.6 Å². The second-order valence-corrected chi connectivity index (χ2v) is 6.53. The Bertz CT molecular complexity index is 1050. The predicted molar refractivity (Wildman–Crippen MR) is 106 cm³/mol. The molecule has 6 heteroatoms. The molecule has 0 unspecified atom stereocenters. The van der Waals surface area contributed by atoms with Crippen LogP contribution >= 0.6 is 11.3 Å². The van der Waals surface area contributed by atoms with E-state index in [9.17, 15) is 0 Å². The summed E-state index contributed by atoms with van der Waals surface area (Å²) >= 11 is 1.65. The minimum Gasteiger partial charge on any atom is -0.493 e. The Morgan fingerprint density at radius 2 is 1.77 bits per heavy atom. The molecule has 0 saturated carbocycles. The second kappa shape index (κ2) is 7.01. The number of rotatable bonds is 5. The first-order chi connectivity index (χ1) is 12.8. The lowest BCUT2D eigenvalue weighted by atomic mass is 10.1. The fourth-order valence-corrected chi connectivity index (χ4v) is 3.63. The summed E-state index contributed by atoms with van der Waals surface area (Å²) in [6.07, 6.45) is 1.85. The molecule has 0 spiro atoms. The lowest BCUT2D eigenvalue weighted by molar-refractivity contribution is 0.355. The highest BCUT2D eigenvalue weighted by atomic mass is 32.1. The topological polar surface area (TPSA) is 56.3 Å². The van der Waals surface area contributed by atoms with Gasteiger partial charge in [-0.25, -0.2) is 9.97 Å². The molecule has 2 aromatic heterocycles. The van der Waals surface area contributed by atoms with Crippen molar-refractivity contribution in [3.63, 3.8) is 0 Å². The predicted octanol–water partition coefficient (Wildman–Crippen LogP) is 5.12. The van der Waals surface area contributed by atoms with Gasteiger partial charge in [0.05, 0.1) is 30.6 Å². The highest BCUT2D eigenvalue weighted by molar-refractivity contribution is 7.17. The number of fused-ring (bicyclic) bond motifs is 1. The van der Waals surface area contributed by atoms with Gasteiger partial charge in [-0.15, -0.1) is 11.3 Å². The zero-order valence-corrected chi connectivity index (χ0v) is 15.2. The molecule has 4 aromatic rings. The van der Waals surface area contributed by atoms with Gasteiger partial charge < -0.3 is 14.8 Å². The summed E-state index contributed by atoms with van der Waals surface area (Å²) in [5.41, 5.74) is 4.04. The largest absolute Gasteiger partial charge is 0.493 e. The maximum atomic E-state index is 5.35. The Morgan fingerprint density at radius 1 is 0.962 bits per heavy atom. The number of benzene rings is 2. The van der Waals surface area contributed by atoms with Crippen LogP contribution < -0.4 is 14.8 Å². The van der Waals surface area contributed by atoms with Gasteiger partial charge in [-0.2, -0.15) is 0 Å². The molecule has 0 aliphatic rings. The van der Waals surface area contributed by atoms with Gasteiger partial charge in [0.15, 0.2) is 11.5 Å². The zero-order valence-electron chi connectivity index (χ0n) is 14.4. The molecule has 0 saturated heterocycles. The van der Waals surface area contributed by atoms with Gasteiger partial charge in [0, 0.05) is 22.7 Å². The average molecular weight is 363 g/mol. The van der Waals surface area contributed by atoms with Crippen LogP contribution in [-0.4, -0.2) is 24.2 Å². The minimum absolute atomic E-state index is 0.542. The molecule has 0 aliphatic carbocycles. The van der Waals surface area contributed by atoms with Gasteiger partial charge in [-0.05, 0) is 17.7 Å². The van der Waals surface area contributed by atoms with Gasteiger partial charge in [0.25, 0.3) is 0 Å². The number of nitrogens with zero attached hydrogens (tertiary/aromatic N) is 2. The summed E-state index contributed by atoms with van der Waals surface area (Å²) in [5.74, 6) is 1.87. The third-order valence-electron chi connectivity index (χ3n) is 4.04. The molecular formula is C20H17N3O2S. The van der Waals surface area contributed by atoms with Crippen LogP contribution in [0.1, 0.15) is 0 Å². The molecule has 4 rings (SSSR count). The van der Waals surface area contributed by atoms with Crippen LogP contribution in [0, 0.1) is 0 Å². The number of thiophene rings is 1. The molecule has 0 amide bonds. The van der Waals surface area contributed by atoms with Crippen molar-refractivity contribution in [1.29, 1.82) is 0 Å². The number of methoxy groups -OCH3 is 2. The highest BCUT2D eigenvalue weighted by Crippen LogP contribution is 2.34. The number of anilines is 2. The summed E-state index contributed by atoms with van der Waals surface area (Å²) in [7, 11) is 3.23. The molecule has 26 heavy (non-hydrogen) atoms. The SMILES string of the molecule is COc1ccc(Nc2ncc3scc(-c4ccccc4)c3n2)cc1OC. The van der Waals surface area contributed by atoms with Crippen LogP contribution in [-0.2, 0) is 0 Å². The van der Waals surface area contributed by atoms with E-state index in [1.54, 1.807) is 25.6 Å². The van der Waals surface area contributed by atoms with Gasteiger partial charge in [0.2, 0.25) is 5.95 Å². The van der Waals surface area contributed by atoms with Crippen molar-refractivity contribution >= 4 is 33.2 Å². The Balaban J connectivity index is 1.70. The van der Waals surface area contributed by atoms with E-state index in [1.807, 2.05) is 42.6 Å². The van der Waals surface area contributed by atoms with Crippen LogP contribution in [0.3, 0.4) is 0 Å². The Morgan fingerprint density at radius 3 is 2.54 bits per heavy atom. The van der Waals surface area contributed by atoms with E-state index in [0.717, 1.165) is 27.0 Å². The molecule has 0 fully saturated rings. The van der Waals surface area contributed by atoms with Gasteiger partial charge in [0.1, 0.15) is 0 Å². The number of nitrogens with one attached hydrogen (secondary N) is 1. The summed E-state index contributed by atoms with van der Waals surface area (Å²) in [5, 5.41) is 5.36. The third kappa shape index (κ3) is 3.07. The molecule has 0 bridgehead atoms. The molecule has 2 heterocycles. The van der Waals surface area contributed by atoms with Crippen LogP contribution in [0.25, 0.3) is 21.3 Å². The second-order valence-electron chi connectivity index (χ2n) is 5.62. The number of aromatic nitrogens is 2. The standard InChI is InChI=1S/C20H17N3O2S/c1-24-16-9-8-14(10-17(16)25-2)22-20-21-11-18-19(23-20)15(12-26-18)13-6-4-3-5-7-13/h3-12H,1-2H3,(H,21,22,23). The highest BCUT2D eigenvalue weighted by Gasteiger charge is 2.11. The quantitative estimate of drug-likeness (QED) is 0.533. The van der Waals surface area contributed by atoms with Crippen LogP contribution in [0.2, 0.25) is 0 Å². The van der Waals surface area contributed by atoms with Crippen molar-refractivity contribution in [2.75, 3.05) is 19.5 Å². The summed E-state index contributed by atoms with van der Waals surface area (Å²) in [6, 6.07) is 15.9. The van der Waals surface area contributed by atoms with Crippen molar-refractivity contribution in [2.45, 2.75) is 0 Å². The Labute approximate surface area is 155 Å². The van der Waals surface area contributed by atoms with Crippen molar-refractivity contribution in [3.8, 4) is 22.6 Å². The fraction of sp³-hybridized carbons (Fsp3) is 0.100. The van der Waals surface area contributed by atoms with Gasteiger partial charge in [-0.3, -0.25) is 0 Å². The van der Waals surface area contributed by atoms with Gasteiger partial charge in [-0.1, -0.05) is 30.3 Å². The first-order valence-corrected chi connectivity index (χ1v) is 8.95. The Hall–Kier alpha value is -3.12. The smallest absolute Gasteiger partial charge is 0.227 e. The zero-order chi connectivity index (χ0) is 17.9. The normalized spacial score (nSPS) is 10.7. The lowest BCUT2D eigenvalue weighted by Gasteiger charge is -2.10. The fourth-order valence-electron chi connectivity index (χ4n) is 2.75. The molecule has 0 radical (unpaired) electrons. The molecule has 130 valence electrons. The third-order valence-corrected chi connectivity index (χ3v) is 4.94. The first kappa shape index (κ1) is 16.4. The molecule has 5 nitrogen and oxygen atoms in total. The number of hydrogen-bond acceptors (Lipinski definition) is 6. The molecule has 0 atom stereocenters. The maximum Gasteiger partial charge on any atom is 0.227 e. The van der Waals surface area contributed by atoms with E-state index in [4.69, 9.17) is 14.5 Å². The maximum absolute atomic E-state index is 5.35. The van der Waals surface area contributed by atoms with Gasteiger partial charge >= 0.3 is 0 Å². The summed E-state index contributed by atoms with van der Waals surface area (Å²) in [4.78, 5) is 9.14. The van der Waals surface area contributed by atoms with Crippen molar-refractivity contribution in [1.82, 2.24) is 9.97 Å². The van der Waals surface area contributed by atoms with E-state index < -0.39 is 0 Å². The van der Waals surface area contributed by atoms with Crippen molar-refractivity contribution < 1.29 is 9.47 Å². The first-order valence-electron chi connectivity index (χ1n) is 8.07. The average Bonchev–Trinajstić information content (AvgIpc) is 3.12. The van der Waals surface area contributed by atoms with E-state index >= 15 is 0 Å². The van der Waals surface area contributed by atoms with E-state index in [1.165, 1.54) is 0 Å². The van der Waals surface area contributed by atoms with Crippen LogP contribution in [0.15, 0.2) is 60.1 Å². The molecular weight excluding hydrogens is 346 g/mol. The van der Waals surface area contributed by atoms with Crippen molar-refractivity contribution in [2.24, 2.45) is 0 Å². The minimum atomic E-state index is 0.542. The molecule has 2 aromatic carbocycles. The number of hydrogen-bond donors (Lipinski definition) is 1. The van der Waals surface area contributed by atoms with E-state index in [2.05, 4.69) is 27.8 Å². The summed E-state index contributed by atoms with van der Waals surface area (Å²) < 4.78 is 11.7. The summed E-state index contributed by atoms with van der Waals surface area (Å²) in [6.45, 7) is 0. The molecule has 0 aliphatic heterocycles. The monoisotopic (exact) mass is 363 g/mol. The van der Waals surface area contributed by atoms with Crippen LogP contribution in [0.5, 0.6) is 11.5 Å². The Kier molecular flexibility index (Phi) is 4.41. The molecule has 1 N–H and O–H groups in total. The lowest BCUT2D eigenvalue weighted by Crippen LogP contribution is -1.98.